The van der Waals surface area contributed by atoms with Gasteiger partial charge in [-0.15, -0.1) is 0 Å². The van der Waals surface area contributed by atoms with Gasteiger partial charge in [0, 0.05) is 12.6 Å². The van der Waals surface area contributed by atoms with Gasteiger partial charge in [0.05, 0.1) is 22.7 Å². The van der Waals surface area contributed by atoms with Crippen LogP contribution in [-0.4, -0.2) is 20.6 Å². The largest absolute Gasteiger partial charge is 0.478 e. The van der Waals surface area contributed by atoms with Gasteiger partial charge >= 0.3 is 5.97 Å². The van der Waals surface area contributed by atoms with Gasteiger partial charge in [0.15, 0.2) is 0 Å². The predicted molar refractivity (Wildman–Crippen MR) is 66.8 cm³/mol. The van der Waals surface area contributed by atoms with E-state index in [0.717, 1.165) is 11.6 Å². The van der Waals surface area contributed by atoms with E-state index in [2.05, 4.69) is 11.1 Å². The summed E-state index contributed by atoms with van der Waals surface area (Å²) in [6, 6.07) is 7.29. The molecule has 0 fully saturated rings. The molecule has 0 saturated heterocycles. The standard InChI is InChI=1S/C13H11N3O2/c1-2-16-11-4-3-9(8-14)7-10(11)15-12(16)5-6-13(17)18/h3-7H,2H2,1H3,(H,17,18)/b6-5+. The fourth-order valence-corrected chi connectivity index (χ4v) is 1.82. The number of hydrogen-bond acceptors (Lipinski definition) is 3. The first-order valence-electron chi connectivity index (χ1n) is 5.47. The van der Waals surface area contributed by atoms with E-state index >= 15 is 0 Å². The third-order valence-electron chi connectivity index (χ3n) is 2.60. The lowest BCUT2D eigenvalue weighted by atomic mass is 10.2. The molecule has 1 aromatic carbocycles. The third-order valence-corrected chi connectivity index (χ3v) is 2.60. The van der Waals surface area contributed by atoms with E-state index in [4.69, 9.17) is 10.4 Å². The van der Waals surface area contributed by atoms with Crippen molar-refractivity contribution < 1.29 is 9.90 Å². The number of aromatic nitrogens is 2. The van der Waals surface area contributed by atoms with Gasteiger partial charge in [-0.05, 0) is 31.2 Å². The highest BCUT2D eigenvalue weighted by Gasteiger charge is 2.08. The summed E-state index contributed by atoms with van der Waals surface area (Å²) in [6.45, 7) is 2.64. The van der Waals surface area contributed by atoms with E-state index in [1.165, 1.54) is 6.08 Å². The fourth-order valence-electron chi connectivity index (χ4n) is 1.82. The van der Waals surface area contributed by atoms with Crippen LogP contribution in [0.2, 0.25) is 0 Å². The van der Waals surface area contributed by atoms with Crippen LogP contribution in [0.3, 0.4) is 0 Å². The average molecular weight is 241 g/mol. The number of aryl methyl sites for hydroxylation is 1. The van der Waals surface area contributed by atoms with Gasteiger partial charge < -0.3 is 9.67 Å². The maximum atomic E-state index is 10.5. The first-order valence-corrected chi connectivity index (χ1v) is 5.47. The summed E-state index contributed by atoms with van der Waals surface area (Å²) in [5.41, 5.74) is 2.12. The van der Waals surface area contributed by atoms with Crippen LogP contribution in [0, 0.1) is 11.3 Å². The monoisotopic (exact) mass is 241 g/mol. The molecule has 5 nitrogen and oxygen atoms in total. The van der Waals surface area contributed by atoms with Crippen molar-refractivity contribution in [3.8, 4) is 6.07 Å². The Labute approximate surface area is 104 Å². The van der Waals surface area contributed by atoms with Crippen molar-refractivity contribution in [3.63, 3.8) is 0 Å². The number of carboxylic acid groups (broad SMARTS) is 1. The molecule has 1 N–H and O–H groups in total. The highest BCUT2D eigenvalue weighted by molar-refractivity contribution is 5.86. The molecule has 0 spiro atoms. The van der Waals surface area contributed by atoms with Crippen LogP contribution in [0.4, 0.5) is 0 Å². The molecule has 0 radical (unpaired) electrons. The molecule has 0 aliphatic carbocycles. The summed E-state index contributed by atoms with van der Waals surface area (Å²) in [5, 5.41) is 17.5. The zero-order valence-corrected chi connectivity index (χ0v) is 9.79. The molecule has 0 bridgehead atoms. The lowest BCUT2D eigenvalue weighted by Gasteiger charge is -2.01. The molecule has 2 rings (SSSR count). The molecule has 2 aromatic rings. The second kappa shape index (κ2) is 4.72. The summed E-state index contributed by atoms with van der Waals surface area (Å²) in [5.74, 6) is -0.438. The van der Waals surface area contributed by atoms with Crippen molar-refractivity contribution in [2.45, 2.75) is 13.5 Å². The lowest BCUT2D eigenvalue weighted by molar-refractivity contribution is -0.131. The van der Waals surface area contributed by atoms with E-state index in [0.29, 0.717) is 23.4 Å². The Morgan fingerprint density at radius 1 is 1.61 bits per heavy atom. The molecule has 0 saturated carbocycles. The SMILES string of the molecule is CCn1c(/C=C/C(=O)O)nc2cc(C#N)ccc21. The highest BCUT2D eigenvalue weighted by atomic mass is 16.4. The van der Waals surface area contributed by atoms with Crippen molar-refractivity contribution in [2.75, 3.05) is 0 Å². The molecule has 1 heterocycles. The third kappa shape index (κ3) is 2.09. The molecule has 5 heteroatoms. The molecule has 0 amide bonds. The number of rotatable bonds is 3. The van der Waals surface area contributed by atoms with Gasteiger partial charge in [0.2, 0.25) is 0 Å². The van der Waals surface area contributed by atoms with Gasteiger partial charge in [-0.3, -0.25) is 0 Å². The number of imidazole rings is 1. The van der Waals surface area contributed by atoms with E-state index in [1.807, 2.05) is 17.6 Å². The summed E-state index contributed by atoms with van der Waals surface area (Å²) < 4.78 is 1.90. The fraction of sp³-hybridized carbons (Fsp3) is 0.154. The minimum absolute atomic E-state index is 0.539. The molecule has 0 aliphatic rings. The summed E-state index contributed by atoms with van der Waals surface area (Å²) in [7, 11) is 0. The zero-order chi connectivity index (χ0) is 13.1. The molecule has 1 aromatic heterocycles. The second-order valence-electron chi connectivity index (χ2n) is 3.70. The van der Waals surface area contributed by atoms with Gasteiger partial charge in [-0.25, -0.2) is 9.78 Å². The van der Waals surface area contributed by atoms with Crippen molar-refractivity contribution in [1.29, 1.82) is 5.26 Å². The Balaban J connectivity index is 2.61. The molecule has 0 aliphatic heterocycles. The molecule has 0 unspecified atom stereocenters. The summed E-state index contributed by atoms with van der Waals surface area (Å²) >= 11 is 0. The molecular formula is C13H11N3O2. The number of carbonyl (C=O) groups is 1. The maximum absolute atomic E-state index is 10.5. The average Bonchev–Trinajstić information content (AvgIpc) is 2.72. The normalized spacial score (nSPS) is 10.9. The Morgan fingerprint density at radius 2 is 2.39 bits per heavy atom. The van der Waals surface area contributed by atoms with E-state index in [9.17, 15) is 4.79 Å². The lowest BCUT2D eigenvalue weighted by Crippen LogP contribution is -1.97. The molecule has 18 heavy (non-hydrogen) atoms. The van der Waals surface area contributed by atoms with Crippen molar-refractivity contribution in [2.24, 2.45) is 0 Å². The first kappa shape index (κ1) is 11.9. The van der Waals surface area contributed by atoms with Crippen LogP contribution in [0.25, 0.3) is 17.1 Å². The van der Waals surface area contributed by atoms with Crippen LogP contribution in [0.5, 0.6) is 0 Å². The topological polar surface area (TPSA) is 78.9 Å². The van der Waals surface area contributed by atoms with Crippen molar-refractivity contribution in [1.82, 2.24) is 9.55 Å². The van der Waals surface area contributed by atoms with E-state index < -0.39 is 5.97 Å². The predicted octanol–water partition coefficient (Wildman–Crippen LogP) is 2.03. The Morgan fingerprint density at radius 3 is 3.00 bits per heavy atom. The first-order chi connectivity index (χ1) is 8.65. The Bertz CT molecular complexity index is 677. The number of hydrogen-bond donors (Lipinski definition) is 1. The quantitative estimate of drug-likeness (QED) is 0.834. The van der Waals surface area contributed by atoms with Crippen LogP contribution in [0.1, 0.15) is 18.3 Å². The van der Waals surface area contributed by atoms with Crippen molar-refractivity contribution >= 4 is 23.1 Å². The number of aliphatic carboxylic acids is 1. The van der Waals surface area contributed by atoms with E-state index in [1.54, 1.807) is 12.1 Å². The van der Waals surface area contributed by atoms with Crippen LogP contribution >= 0.6 is 0 Å². The highest BCUT2D eigenvalue weighted by Crippen LogP contribution is 2.18. The van der Waals surface area contributed by atoms with Crippen LogP contribution in [-0.2, 0) is 11.3 Å². The van der Waals surface area contributed by atoms with Crippen molar-refractivity contribution in [3.05, 3.63) is 35.7 Å². The Kier molecular flexibility index (Phi) is 3.11. The molecular weight excluding hydrogens is 230 g/mol. The minimum atomic E-state index is -1.01. The number of benzene rings is 1. The van der Waals surface area contributed by atoms with Gasteiger partial charge in [0.25, 0.3) is 0 Å². The van der Waals surface area contributed by atoms with Gasteiger partial charge in [-0.2, -0.15) is 5.26 Å². The summed E-state index contributed by atoms with van der Waals surface area (Å²) in [6.07, 6.45) is 2.51. The van der Waals surface area contributed by atoms with Crippen LogP contribution < -0.4 is 0 Å². The maximum Gasteiger partial charge on any atom is 0.328 e. The number of nitriles is 1. The summed E-state index contributed by atoms with van der Waals surface area (Å²) in [4.78, 5) is 14.8. The van der Waals surface area contributed by atoms with Crippen LogP contribution in [0.15, 0.2) is 24.3 Å². The smallest absolute Gasteiger partial charge is 0.328 e. The zero-order valence-electron chi connectivity index (χ0n) is 9.79. The van der Waals surface area contributed by atoms with Gasteiger partial charge in [-0.1, -0.05) is 0 Å². The van der Waals surface area contributed by atoms with E-state index in [-0.39, 0.29) is 0 Å². The second-order valence-corrected chi connectivity index (χ2v) is 3.70. The Hall–Kier alpha value is -2.61. The van der Waals surface area contributed by atoms with Gasteiger partial charge in [0.1, 0.15) is 5.82 Å². The molecule has 90 valence electrons. The molecule has 0 atom stereocenters. The number of carboxylic acids is 1. The minimum Gasteiger partial charge on any atom is -0.478 e. The number of fused-ring (bicyclic) bond motifs is 1. The number of nitrogens with zero attached hydrogens (tertiary/aromatic N) is 3.